The summed E-state index contributed by atoms with van der Waals surface area (Å²) in [5.41, 5.74) is 2.43. The molecule has 0 saturated carbocycles. The highest BCUT2D eigenvalue weighted by Crippen LogP contribution is 2.21. The summed E-state index contributed by atoms with van der Waals surface area (Å²) in [5.74, 6) is 1.54. The molecule has 0 aliphatic carbocycles. The Morgan fingerprint density at radius 2 is 1.89 bits per heavy atom. The molecule has 0 aliphatic rings. The molecule has 0 spiro atoms. The van der Waals surface area contributed by atoms with Gasteiger partial charge < -0.3 is 10.2 Å². The van der Waals surface area contributed by atoms with Crippen molar-refractivity contribution < 1.29 is 4.90 Å². The Bertz CT molecular complexity index is 889. The first-order valence-electron chi connectivity index (χ1n) is 9.57. The lowest BCUT2D eigenvalue weighted by Crippen LogP contribution is -3.12. The van der Waals surface area contributed by atoms with Gasteiger partial charge >= 0.3 is 0 Å². The van der Waals surface area contributed by atoms with Gasteiger partial charge in [0.05, 0.1) is 32.7 Å². The van der Waals surface area contributed by atoms with E-state index >= 15 is 0 Å². The second-order valence-electron chi connectivity index (χ2n) is 6.49. The van der Waals surface area contributed by atoms with Crippen LogP contribution >= 0.6 is 11.6 Å². The third-order valence-electron chi connectivity index (χ3n) is 4.77. The second-order valence-corrected chi connectivity index (χ2v) is 6.89. The van der Waals surface area contributed by atoms with Crippen LogP contribution in [0.25, 0.3) is 11.2 Å². The molecule has 8 heteroatoms. The number of benzene rings is 1. The molecule has 144 valence electrons. The molecule has 27 heavy (non-hydrogen) atoms. The number of quaternary nitrogens is 1. The number of hydrogen-bond acceptors (Lipinski definition) is 5. The number of aromatic nitrogens is 5. The summed E-state index contributed by atoms with van der Waals surface area (Å²) in [6, 6.07) is 7.76. The van der Waals surface area contributed by atoms with Crippen molar-refractivity contribution in [1.29, 1.82) is 0 Å². The maximum atomic E-state index is 6.30. The molecule has 2 N–H and O–H groups in total. The Kier molecular flexibility index (Phi) is 6.58. The van der Waals surface area contributed by atoms with Crippen molar-refractivity contribution >= 4 is 28.6 Å². The summed E-state index contributed by atoms with van der Waals surface area (Å²) < 4.78 is 1.79. The van der Waals surface area contributed by atoms with Crippen molar-refractivity contribution in [3.05, 3.63) is 40.7 Å². The first-order valence-corrected chi connectivity index (χ1v) is 9.94. The maximum Gasteiger partial charge on any atom is 0.184 e. The molecule has 3 aromatic rings. The van der Waals surface area contributed by atoms with Crippen molar-refractivity contribution in [1.82, 2.24) is 25.0 Å². The van der Waals surface area contributed by atoms with E-state index < -0.39 is 0 Å². The number of hydrogen-bond donors (Lipinski definition) is 2. The smallest absolute Gasteiger partial charge is 0.184 e. The fourth-order valence-electron chi connectivity index (χ4n) is 3.04. The number of nitrogens with zero attached hydrogens (tertiary/aromatic N) is 5. The van der Waals surface area contributed by atoms with Crippen LogP contribution in [0.1, 0.15) is 32.2 Å². The molecule has 0 fully saturated rings. The highest BCUT2D eigenvalue weighted by molar-refractivity contribution is 6.31. The van der Waals surface area contributed by atoms with Gasteiger partial charge in [0.2, 0.25) is 0 Å². The number of nitrogens with one attached hydrogen (secondary N) is 2. The highest BCUT2D eigenvalue weighted by Gasteiger charge is 2.15. The molecule has 0 unspecified atom stereocenters. The van der Waals surface area contributed by atoms with Crippen LogP contribution in [0.3, 0.4) is 0 Å². The Balaban J connectivity index is 1.87. The lowest BCUT2D eigenvalue weighted by Gasteiger charge is -2.15. The predicted octanol–water partition coefficient (Wildman–Crippen LogP) is 1.82. The minimum Gasteiger partial charge on any atom is -0.362 e. The monoisotopic (exact) mass is 388 g/mol. The molecule has 1 aromatic carbocycles. The molecule has 0 radical (unpaired) electrons. The molecule has 0 atom stereocenters. The van der Waals surface area contributed by atoms with Gasteiger partial charge in [0, 0.05) is 11.4 Å². The van der Waals surface area contributed by atoms with E-state index in [0.717, 1.165) is 55.5 Å². The zero-order valence-electron chi connectivity index (χ0n) is 16.2. The molecule has 0 saturated heterocycles. The topological polar surface area (TPSA) is 73.0 Å². The van der Waals surface area contributed by atoms with E-state index in [1.54, 1.807) is 9.58 Å². The maximum absolute atomic E-state index is 6.30. The van der Waals surface area contributed by atoms with Gasteiger partial charge in [0.1, 0.15) is 5.82 Å². The number of rotatable bonds is 9. The molecular weight excluding hydrogens is 362 g/mol. The first kappa shape index (κ1) is 19.5. The van der Waals surface area contributed by atoms with E-state index in [1.165, 1.54) is 0 Å². The van der Waals surface area contributed by atoms with Crippen LogP contribution in [0.5, 0.6) is 0 Å². The second kappa shape index (κ2) is 9.10. The highest BCUT2D eigenvalue weighted by atomic mass is 35.5. The van der Waals surface area contributed by atoms with E-state index in [4.69, 9.17) is 11.6 Å². The van der Waals surface area contributed by atoms with Crippen LogP contribution in [0.4, 0.5) is 5.82 Å². The fourth-order valence-corrected chi connectivity index (χ4v) is 3.23. The van der Waals surface area contributed by atoms with Gasteiger partial charge in [0.25, 0.3) is 0 Å². The largest absolute Gasteiger partial charge is 0.362 e. The zero-order valence-corrected chi connectivity index (χ0v) is 16.9. The van der Waals surface area contributed by atoms with Crippen molar-refractivity contribution in [2.24, 2.45) is 0 Å². The van der Waals surface area contributed by atoms with E-state index in [1.807, 2.05) is 31.2 Å². The Morgan fingerprint density at radius 1 is 1.11 bits per heavy atom. The van der Waals surface area contributed by atoms with Crippen molar-refractivity contribution in [2.75, 3.05) is 31.5 Å². The van der Waals surface area contributed by atoms with Gasteiger partial charge in [-0.15, -0.1) is 5.10 Å². The Labute approximate surface area is 164 Å². The molecule has 2 aromatic heterocycles. The molecule has 3 rings (SSSR count). The molecule has 0 amide bonds. The Morgan fingerprint density at radius 3 is 2.59 bits per heavy atom. The first-order chi connectivity index (χ1) is 13.2. The fraction of sp³-hybridized carbons (Fsp3) is 0.474. The molecule has 0 bridgehead atoms. The van der Waals surface area contributed by atoms with Crippen LogP contribution in [0, 0.1) is 0 Å². The molecule has 0 aliphatic heterocycles. The normalized spacial score (nSPS) is 11.4. The number of likely N-dealkylation sites (N-methyl/N-ethyl adjacent to an activating group) is 1. The quantitative estimate of drug-likeness (QED) is 0.585. The summed E-state index contributed by atoms with van der Waals surface area (Å²) >= 11 is 6.30. The standard InChI is InChI=1S/C19H26ClN7/c1-4-16-22-18(21-11-12-26(5-2)6-3)17-19(23-16)27(25-24-17)13-14-9-7-8-10-15(14)20/h7-10H,4-6,11-13H2,1-3H3,(H,21,22,23)/p+1. The van der Waals surface area contributed by atoms with Crippen LogP contribution in [-0.4, -0.2) is 51.1 Å². The van der Waals surface area contributed by atoms with Gasteiger partial charge in [-0.2, -0.15) is 0 Å². The predicted molar refractivity (Wildman–Crippen MR) is 108 cm³/mol. The third-order valence-corrected chi connectivity index (χ3v) is 5.14. The minimum absolute atomic E-state index is 0.527. The van der Waals surface area contributed by atoms with Gasteiger partial charge in [-0.1, -0.05) is 41.9 Å². The summed E-state index contributed by atoms with van der Waals surface area (Å²) in [7, 11) is 0. The lowest BCUT2D eigenvalue weighted by atomic mass is 10.2. The van der Waals surface area contributed by atoms with Gasteiger partial charge in [0.15, 0.2) is 17.0 Å². The number of halogens is 1. The van der Waals surface area contributed by atoms with Gasteiger partial charge in [-0.05, 0) is 25.5 Å². The van der Waals surface area contributed by atoms with Crippen molar-refractivity contribution in [3.8, 4) is 0 Å². The lowest BCUT2D eigenvalue weighted by molar-refractivity contribution is -0.894. The van der Waals surface area contributed by atoms with Crippen molar-refractivity contribution in [2.45, 2.75) is 33.7 Å². The summed E-state index contributed by atoms with van der Waals surface area (Å²) in [6.45, 7) is 11.1. The van der Waals surface area contributed by atoms with Crippen LogP contribution < -0.4 is 10.2 Å². The SMILES string of the molecule is CCc1nc(NCC[NH+](CC)CC)c2nnn(Cc3ccccc3Cl)c2n1. The average Bonchev–Trinajstić information content (AvgIpc) is 3.09. The Hall–Kier alpha value is -2.25. The van der Waals surface area contributed by atoms with Crippen molar-refractivity contribution in [3.63, 3.8) is 0 Å². The molecular formula is C19H27ClN7+. The van der Waals surface area contributed by atoms with E-state index in [0.29, 0.717) is 17.1 Å². The molecule has 7 nitrogen and oxygen atoms in total. The molecule has 2 heterocycles. The number of fused-ring (bicyclic) bond motifs is 1. The third kappa shape index (κ3) is 4.54. The number of anilines is 1. The van der Waals surface area contributed by atoms with Crippen LogP contribution in [-0.2, 0) is 13.0 Å². The van der Waals surface area contributed by atoms with Gasteiger partial charge in [-0.25, -0.2) is 14.6 Å². The minimum atomic E-state index is 0.527. The summed E-state index contributed by atoms with van der Waals surface area (Å²) in [5, 5.41) is 12.8. The summed E-state index contributed by atoms with van der Waals surface area (Å²) in [4.78, 5) is 10.8. The van der Waals surface area contributed by atoms with E-state index in [-0.39, 0.29) is 0 Å². The summed E-state index contributed by atoms with van der Waals surface area (Å²) in [6.07, 6.45) is 0.753. The average molecular weight is 389 g/mol. The number of aryl methyl sites for hydroxylation is 1. The van der Waals surface area contributed by atoms with E-state index in [9.17, 15) is 0 Å². The zero-order chi connectivity index (χ0) is 19.2. The van der Waals surface area contributed by atoms with E-state index in [2.05, 4.69) is 39.4 Å². The van der Waals surface area contributed by atoms with Gasteiger partial charge in [-0.3, -0.25) is 0 Å². The van der Waals surface area contributed by atoms with Crippen LogP contribution in [0.15, 0.2) is 24.3 Å². The van der Waals surface area contributed by atoms with Crippen LogP contribution in [0.2, 0.25) is 5.02 Å².